The Balaban J connectivity index is 2.20. The van der Waals surface area contributed by atoms with E-state index in [0.29, 0.717) is 13.2 Å². The molecule has 0 spiro atoms. The maximum Gasteiger partial charge on any atom is 0.131 e. The molecule has 16 heavy (non-hydrogen) atoms. The molecule has 0 N–H and O–H groups in total. The van der Waals surface area contributed by atoms with Crippen molar-refractivity contribution in [2.24, 2.45) is 0 Å². The first-order chi connectivity index (χ1) is 7.95. The number of ether oxygens (including phenoxy) is 2. The summed E-state index contributed by atoms with van der Waals surface area (Å²) in [5.41, 5.74) is 2.19. The summed E-state index contributed by atoms with van der Waals surface area (Å²) in [6.45, 7) is 1.21. The van der Waals surface area contributed by atoms with Gasteiger partial charge in [0.2, 0.25) is 0 Å². The van der Waals surface area contributed by atoms with Gasteiger partial charge in [-0.1, -0.05) is 36.4 Å². The molecule has 0 aromatic heterocycles. The third-order valence-corrected chi connectivity index (χ3v) is 2.65. The number of hydrogen-bond donors (Lipinski definition) is 0. The van der Waals surface area contributed by atoms with Crippen molar-refractivity contribution in [3.63, 3.8) is 0 Å². The highest BCUT2D eigenvalue weighted by Gasteiger charge is 2.15. The van der Waals surface area contributed by atoms with Crippen LogP contribution in [-0.2, 0) is 0 Å². The molecule has 2 nitrogen and oxygen atoms in total. The molecule has 0 unspecified atom stereocenters. The van der Waals surface area contributed by atoms with Crippen molar-refractivity contribution in [3.05, 3.63) is 48.5 Å². The Morgan fingerprint density at radius 3 is 1.94 bits per heavy atom. The molecule has 0 amide bonds. The van der Waals surface area contributed by atoms with E-state index in [1.54, 1.807) is 0 Å². The van der Waals surface area contributed by atoms with Crippen LogP contribution in [0.5, 0.6) is 11.5 Å². The smallest absolute Gasteiger partial charge is 0.131 e. The van der Waals surface area contributed by atoms with Crippen LogP contribution < -0.4 is 9.47 Å². The SMILES string of the molecule is c1ccc(-c2c3cccc2OCCO3)cc1. The first-order valence-electron chi connectivity index (χ1n) is 5.39. The zero-order valence-electron chi connectivity index (χ0n) is 8.85. The molecule has 0 fully saturated rings. The fourth-order valence-corrected chi connectivity index (χ4v) is 1.94. The van der Waals surface area contributed by atoms with Crippen molar-refractivity contribution in [1.82, 2.24) is 0 Å². The van der Waals surface area contributed by atoms with Crippen LogP contribution >= 0.6 is 0 Å². The Morgan fingerprint density at radius 1 is 0.688 bits per heavy atom. The molecule has 1 heterocycles. The van der Waals surface area contributed by atoms with Gasteiger partial charge in [0.1, 0.15) is 24.7 Å². The predicted molar refractivity (Wildman–Crippen MR) is 62.9 cm³/mol. The molecule has 2 aromatic carbocycles. The Bertz CT molecular complexity index is 467. The Kier molecular flexibility index (Phi) is 2.26. The molecule has 1 aliphatic rings. The molecule has 2 heteroatoms. The van der Waals surface area contributed by atoms with Crippen LogP contribution in [0.25, 0.3) is 11.1 Å². The van der Waals surface area contributed by atoms with Crippen LogP contribution in [-0.4, -0.2) is 13.2 Å². The highest BCUT2D eigenvalue weighted by molar-refractivity contribution is 5.77. The molecular formula is C14H12O2. The molecule has 0 saturated heterocycles. The maximum atomic E-state index is 5.67. The molecule has 2 aromatic rings. The number of hydrogen-bond acceptors (Lipinski definition) is 2. The lowest BCUT2D eigenvalue weighted by Crippen LogP contribution is -2.04. The van der Waals surface area contributed by atoms with Crippen LogP contribution in [0, 0.1) is 0 Å². The fraction of sp³-hybridized carbons (Fsp3) is 0.143. The summed E-state index contributed by atoms with van der Waals surface area (Å²) in [4.78, 5) is 0. The molecule has 3 rings (SSSR count). The Labute approximate surface area is 94.4 Å². The predicted octanol–water partition coefficient (Wildman–Crippen LogP) is 3.12. The highest BCUT2D eigenvalue weighted by atomic mass is 16.5. The second-order valence-electron chi connectivity index (χ2n) is 3.69. The van der Waals surface area contributed by atoms with E-state index in [0.717, 1.165) is 22.6 Å². The van der Waals surface area contributed by atoms with Gasteiger partial charge in [0.15, 0.2) is 0 Å². The molecule has 0 radical (unpaired) electrons. The van der Waals surface area contributed by atoms with Crippen molar-refractivity contribution >= 4 is 0 Å². The lowest BCUT2D eigenvalue weighted by molar-refractivity contribution is 0.232. The summed E-state index contributed by atoms with van der Waals surface area (Å²) in [5.74, 6) is 1.81. The number of fused-ring (bicyclic) bond motifs is 2. The fourth-order valence-electron chi connectivity index (χ4n) is 1.94. The van der Waals surface area contributed by atoms with Gasteiger partial charge in [-0.15, -0.1) is 0 Å². The molecule has 80 valence electrons. The largest absolute Gasteiger partial charge is 0.489 e. The summed E-state index contributed by atoms with van der Waals surface area (Å²) in [6, 6.07) is 16.1. The van der Waals surface area contributed by atoms with Gasteiger partial charge in [0, 0.05) is 0 Å². The zero-order valence-corrected chi connectivity index (χ0v) is 8.85. The summed E-state index contributed by atoms with van der Waals surface area (Å²) < 4.78 is 11.3. The second kappa shape index (κ2) is 3.89. The lowest BCUT2D eigenvalue weighted by atomic mass is 10.0. The molecule has 0 atom stereocenters. The van der Waals surface area contributed by atoms with Crippen molar-refractivity contribution in [2.45, 2.75) is 0 Å². The van der Waals surface area contributed by atoms with Gasteiger partial charge < -0.3 is 9.47 Å². The van der Waals surface area contributed by atoms with E-state index in [4.69, 9.17) is 9.47 Å². The summed E-state index contributed by atoms with van der Waals surface area (Å²) >= 11 is 0. The monoisotopic (exact) mass is 212 g/mol. The Morgan fingerprint density at radius 2 is 1.31 bits per heavy atom. The molecule has 0 saturated carbocycles. The van der Waals surface area contributed by atoms with Gasteiger partial charge in [-0.2, -0.15) is 0 Å². The minimum atomic E-state index is 0.605. The van der Waals surface area contributed by atoms with Crippen LogP contribution in [0.1, 0.15) is 0 Å². The van der Waals surface area contributed by atoms with E-state index in [1.807, 2.05) is 36.4 Å². The van der Waals surface area contributed by atoms with Crippen molar-refractivity contribution in [3.8, 4) is 22.6 Å². The van der Waals surface area contributed by atoms with Gasteiger partial charge in [0.25, 0.3) is 0 Å². The number of benzene rings is 2. The van der Waals surface area contributed by atoms with Crippen molar-refractivity contribution in [1.29, 1.82) is 0 Å². The summed E-state index contributed by atoms with van der Waals surface area (Å²) in [5, 5.41) is 0. The van der Waals surface area contributed by atoms with Gasteiger partial charge in [0.05, 0.1) is 5.56 Å². The minimum Gasteiger partial charge on any atom is -0.489 e. The topological polar surface area (TPSA) is 18.5 Å². The van der Waals surface area contributed by atoms with E-state index in [9.17, 15) is 0 Å². The first-order valence-corrected chi connectivity index (χ1v) is 5.39. The third kappa shape index (κ3) is 1.52. The van der Waals surface area contributed by atoms with Gasteiger partial charge in [-0.25, -0.2) is 0 Å². The quantitative estimate of drug-likeness (QED) is 0.723. The normalized spacial score (nSPS) is 13.5. The van der Waals surface area contributed by atoms with Gasteiger partial charge in [-0.3, -0.25) is 0 Å². The average Bonchev–Trinajstić information content (AvgIpc) is 2.46. The van der Waals surface area contributed by atoms with Gasteiger partial charge in [-0.05, 0) is 17.7 Å². The van der Waals surface area contributed by atoms with E-state index in [2.05, 4.69) is 12.1 Å². The van der Waals surface area contributed by atoms with E-state index in [-0.39, 0.29) is 0 Å². The van der Waals surface area contributed by atoms with E-state index >= 15 is 0 Å². The Hall–Kier alpha value is -1.96. The van der Waals surface area contributed by atoms with Gasteiger partial charge >= 0.3 is 0 Å². The van der Waals surface area contributed by atoms with Crippen molar-refractivity contribution in [2.75, 3.05) is 13.2 Å². The van der Waals surface area contributed by atoms with Crippen molar-refractivity contribution < 1.29 is 9.47 Å². The maximum absolute atomic E-state index is 5.67. The van der Waals surface area contributed by atoms with Crippen LogP contribution in [0.15, 0.2) is 48.5 Å². The molecule has 1 aliphatic heterocycles. The van der Waals surface area contributed by atoms with E-state index in [1.165, 1.54) is 0 Å². The molecule has 2 bridgehead atoms. The second-order valence-corrected chi connectivity index (χ2v) is 3.69. The van der Waals surface area contributed by atoms with Crippen LogP contribution in [0.4, 0.5) is 0 Å². The summed E-state index contributed by atoms with van der Waals surface area (Å²) in [6.07, 6.45) is 0. The third-order valence-electron chi connectivity index (χ3n) is 2.65. The summed E-state index contributed by atoms with van der Waals surface area (Å²) in [7, 11) is 0. The van der Waals surface area contributed by atoms with E-state index < -0.39 is 0 Å². The lowest BCUT2D eigenvalue weighted by Gasteiger charge is -2.10. The van der Waals surface area contributed by atoms with Crippen LogP contribution in [0.3, 0.4) is 0 Å². The molecule has 0 aliphatic carbocycles. The first kappa shape index (κ1) is 9.28. The average molecular weight is 212 g/mol. The molecular weight excluding hydrogens is 200 g/mol. The standard InChI is InChI=1S/C14H12O2/c1-2-5-11(6-3-1)14-12-7-4-8-13(14)16-10-9-15-12/h1-8H,9-10H2. The number of rotatable bonds is 1. The van der Waals surface area contributed by atoms with Crippen LogP contribution in [0.2, 0.25) is 0 Å². The highest BCUT2D eigenvalue weighted by Crippen LogP contribution is 2.39. The minimum absolute atomic E-state index is 0.605. The zero-order chi connectivity index (χ0) is 10.8.